The van der Waals surface area contributed by atoms with Crippen LogP contribution < -0.4 is 5.32 Å². The number of carbonyl (C=O) groups is 1. The first-order valence-electron chi connectivity index (χ1n) is 6.29. The van der Waals surface area contributed by atoms with Crippen LogP contribution >= 0.6 is 0 Å². The van der Waals surface area contributed by atoms with Crippen LogP contribution in [0.3, 0.4) is 0 Å². The molecule has 0 spiro atoms. The van der Waals surface area contributed by atoms with Gasteiger partial charge in [0.15, 0.2) is 0 Å². The van der Waals surface area contributed by atoms with Crippen LogP contribution in [0.5, 0.6) is 0 Å². The van der Waals surface area contributed by atoms with Crippen molar-refractivity contribution in [3.63, 3.8) is 0 Å². The van der Waals surface area contributed by atoms with E-state index in [1.54, 1.807) is 0 Å². The van der Waals surface area contributed by atoms with E-state index in [0.29, 0.717) is 6.42 Å². The molecule has 0 radical (unpaired) electrons. The standard InChI is InChI=1S/C14H19F2NO2/c1-4-5-6-12(14(18)19-3)17-13-8-10(15)9(2)7-11(13)16/h7-8,12,17H,4-6H2,1-3H3. The number of carbonyl (C=O) groups excluding carboxylic acids is 1. The molecule has 1 rings (SSSR count). The van der Waals surface area contributed by atoms with E-state index < -0.39 is 23.6 Å². The van der Waals surface area contributed by atoms with Crippen LogP contribution in [0.2, 0.25) is 0 Å². The maximum Gasteiger partial charge on any atom is 0.328 e. The minimum atomic E-state index is -0.665. The van der Waals surface area contributed by atoms with Gasteiger partial charge in [0.05, 0.1) is 12.8 Å². The van der Waals surface area contributed by atoms with Crippen LogP contribution in [0.1, 0.15) is 31.7 Å². The zero-order chi connectivity index (χ0) is 14.4. The minimum Gasteiger partial charge on any atom is -0.467 e. The highest BCUT2D eigenvalue weighted by atomic mass is 19.1. The van der Waals surface area contributed by atoms with Crippen molar-refractivity contribution in [1.29, 1.82) is 0 Å². The first kappa shape index (κ1) is 15.4. The third-order valence-corrected chi connectivity index (χ3v) is 2.91. The van der Waals surface area contributed by atoms with Crippen LogP contribution in [0.4, 0.5) is 14.5 Å². The lowest BCUT2D eigenvalue weighted by Gasteiger charge is -2.18. The molecule has 1 aromatic carbocycles. The van der Waals surface area contributed by atoms with Crippen LogP contribution in [0.15, 0.2) is 12.1 Å². The molecule has 0 fully saturated rings. The van der Waals surface area contributed by atoms with Crippen molar-refractivity contribution in [1.82, 2.24) is 0 Å². The first-order chi connectivity index (χ1) is 8.99. The molecular weight excluding hydrogens is 252 g/mol. The number of unbranched alkanes of at least 4 members (excludes halogenated alkanes) is 1. The third kappa shape index (κ3) is 4.19. The Balaban J connectivity index is 2.89. The molecule has 1 atom stereocenters. The number of methoxy groups -OCH3 is 1. The topological polar surface area (TPSA) is 38.3 Å². The predicted molar refractivity (Wildman–Crippen MR) is 70.0 cm³/mol. The number of halogens is 2. The monoisotopic (exact) mass is 271 g/mol. The number of benzene rings is 1. The van der Waals surface area contributed by atoms with Crippen molar-refractivity contribution >= 4 is 11.7 Å². The molecule has 106 valence electrons. The highest BCUT2D eigenvalue weighted by molar-refractivity contribution is 5.79. The van der Waals surface area contributed by atoms with Crippen molar-refractivity contribution in [3.8, 4) is 0 Å². The Kier molecular flexibility index (Phi) is 5.73. The van der Waals surface area contributed by atoms with Gasteiger partial charge in [0.1, 0.15) is 17.7 Å². The minimum absolute atomic E-state index is 0.0189. The van der Waals surface area contributed by atoms with Gasteiger partial charge in [-0.05, 0) is 25.0 Å². The predicted octanol–water partition coefficient (Wildman–Crippen LogP) is 3.42. The van der Waals surface area contributed by atoms with E-state index in [4.69, 9.17) is 0 Å². The first-order valence-corrected chi connectivity index (χ1v) is 6.29. The number of ether oxygens (including phenoxy) is 1. The molecule has 0 aliphatic rings. The van der Waals surface area contributed by atoms with Gasteiger partial charge in [-0.2, -0.15) is 0 Å². The quantitative estimate of drug-likeness (QED) is 0.806. The molecule has 0 saturated heterocycles. The second kappa shape index (κ2) is 7.07. The van der Waals surface area contributed by atoms with Crippen molar-refractivity contribution in [3.05, 3.63) is 29.3 Å². The van der Waals surface area contributed by atoms with Gasteiger partial charge < -0.3 is 10.1 Å². The second-order valence-corrected chi connectivity index (χ2v) is 4.44. The van der Waals surface area contributed by atoms with Gasteiger partial charge in [-0.15, -0.1) is 0 Å². The Morgan fingerprint density at radius 1 is 1.37 bits per heavy atom. The fourth-order valence-electron chi connectivity index (χ4n) is 1.74. The average molecular weight is 271 g/mol. The summed E-state index contributed by atoms with van der Waals surface area (Å²) in [6, 6.07) is 1.50. The number of anilines is 1. The number of esters is 1. The summed E-state index contributed by atoms with van der Waals surface area (Å²) >= 11 is 0. The lowest BCUT2D eigenvalue weighted by Crippen LogP contribution is -2.31. The zero-order valence-corrected chi connectivity index (χ0v) is 11.4. The summed E-state index contributed by atoms with van der Waals surface area (Å²) in [5.74, 6) is -1.57. The maximum atomic E-state index is 13.7. The van der Waals surface area contributed by atoms with Crippen molar-refractivity contribution in [2.75, 3.05) is 12.4 Å². The van der Waals surface area contributed by atoms with Gasteiger partial charge in [-0.3, -0.25) is 0 Å². The van der Waals surface area contributed by atoms with Crippen LogP contribution in [-0.4, -0.2) is 19.1 Å². The zero-order valence-electron chi connectivity index (χ0n) is 11.4. The normalized spacial score (nSPS) is 12.1. The summed E-state index contributed by atoms with van der Waals surface area (Å²) in [6.07, 6.45) is 2.21. The van der Waals surface area contributed by atoms with E-state index in [2.05, 4.69) is 10.1 Å². The molecule has 19 heavy (non-hydrogen) atoms. The Morgan fingerprint density at radius 2 is 2.05 bits per heavy atom. The summed E-state index contributed by atoms with van der Waals surface area (Å²) < 4.78 is 31.8. The van der Waals surface area contributed by atoms with Gasteiger partial charge >= 0.3 is 5.97 Å². The van der Waals surface area contributed by atoms with Gasteiger partial charge in [0.25, 0.3) is 0 Å². The van der Waals surface area contributed by atoms with Gasteiger partial charge in [-0.25, -0.2) is 13.6 Å². The largest absolute Gasteiger partial charge is 0.467 e. The van der Waals surface area contributed by atoms with E-state index in [1.165, 1.54) is 14.0 Å². The maximum absolute atomic E-state index is 13.7. The highest BCUT2D eigenvalue weighted by Gasteiger charge is 2.20. The molecule has 1 unspecified atom stereocenters. The third-order valence-electron chi connectivity index (χ3n) is 2.91. The summed E-state index contributed by atoms with van der Waals surface area (Å²) in [7, 11) is 1.27. The Labute approximate surface area is 112 Å². The van der Waals surface area contributed by atoms with Gasteiger partial charge in [-0.1, -0.05) is 19.8 Å². The molecule has 5 heteroatoms. The fraction of sp³-hybridized carbons (Fsp3) is 0.500. The van der Waals surface area contributed by atoms with E-state index in [0.717, 1.165) is 25.0 Å². The molecule has 0 heterocycles. The number of nitrogens with one attached hydrogen (secondary N) is 1. The number of hydrogen-bond acceptors (Lipinski definition) is 3. The molecular formula is C14H19F2NO2. The second-order valence-electron chi connectivity index (χ2n) is 4.44. The van der Waals surface area contributed by atoms with Crippen molar-refractivity contribution < 1.29 is 18.3 Å². The summed E-state index contributed by atoms with van der Waals surface area (Å²) in [5.41, 5.74) is 0.209. The lowest BCUT2D eigenvalue weighted by molar-refractivity contribution is -0.141. The number of aryl methyl sites for hydroxylation is 1. The number of rotatable bonds is 6. The van der Waals surface area contributed by atoms with Crippen LogP contribution in [-0.2, 0) is 9.53 Å². The van der Waals surface area contributed by atoms with Crippen LogP contribution in [0, 0.1) is 18.6 Å². The number of hydrogen-bond donors (Lipinski definition) is 1. The molecule has 1 N–H and O–H groups in total. The SMILES string of the molecule is CCCCC(Nc1cc(F)c(C)cc1F)C(=O)OC. The molecule has 3 nitrogen and oxygen atoms in total. The average Bonchev–Trinajstić information content (AvgIpc) is 2.39. The van der Waals surface area contributed by atoms with E-state index in [9.17, 15) is 13.6 Å². The summed E-state index contributed by atoms with van der Waals surface area (Å²) in [5, 5.41) is 2.71. The molecule has 0 aromatic heterocycles. The van der Waals surface area contributed by atoms with E-state index >= 15 is 0 Å². The summed E-state index contributed by atoms with van der Waals surface area (Å²) in [4.78, 5) is 11.6. The Bertz CT molecular complexity index is 449. The Hall–Kier alpha value is -1.65. The van der Waals surface area contributed by atoms with E-state index in [-0.39, 0.29) is 11.3 Å². The lowest BCUT2D eigenvalue weighted by atomic mass is 10.1. The van der Waals surface area contributed by atoms with Crippen molar-refractivity contribution in [2.24, 2.45) is 0 Å². The molecule has 0 amide bonds. The molecule has 0 bridgehead atoms. The highest BCUT2D eigenvalue weighted by Crippen LogP contribution is 2.21. The molecule has 1 aromatic rings. The Morgan fingerprint density at radius 3 is 2.63 bits per heavy atom. The fourth-order valence-corrected chi connectivity index (χ4v) is 1.74. The smallest absolute Gasteiger partial charge is 0.328 e. The van der Waals surface area contributed by atoms with Gasteiger partial charge in [0, 0.05) is 6.07 Å². The molecule has 0 aliphatic carbocycles. The summed E-state index contributed by atoms with van der Waals surface area (Å²) in [6.45, 7) is 3.47. The molecule has 0 aliphatic heterocycles. The van der Waals surface area contributed by atoms with Crippen molar-refractivity contribution in [2.45, 2.75) is 39.2 Å². The molecule has 0 saturated carbocycles. The van der Waals surface area contributed by atoms with E-state index in [1.807, 2.05) is 6.92 Å². The van der Waals surface area contributed by atoms with Crippen LogP contribution in [0.25, 0.3) is 0 Å². The van der Waals surface area contributed by atoms with Gasteiger partial charge in [0.2, 0.25) is 0 Å².